The summed E-state index contributed by atoms with van der Waals surface area (Å²) < 4.78 is 38.7. The SMILES string of the molecule is CCC1CCCCN1C(=O)Nc1ccc(C)c(C(F)(F)F)c1. The number of anilines is 1. The van der Waals surface area contributed by atoms with Crippen LogP contribution in [0.15, 0.2) is 18.2 Å². The molecule has 1 fully saturated rings. The van der Waals surface area contributed by atoms with Gasteiger partial charge in [-0.1, -0.05) is 13.0 Å². The van der Waals surface area contributed by atoms with Crippen LogP contribution in [0.3, 0.4) is 0 Å². The number of carbonyl (C=O) groups is 1. The molecule has 1 aromatic carbocycles. The lowest BCUT2D eigenvalue weighted by molar-refractivity contribution is -0.138. The molecule has 1 aliphatic heterocycles. The van der Waals surface area contributed by atoms with E-state index in [0.717, 1.165) is 31.7 Å². The Balaban J connectivity index is 2.14. The first kappa shape index (κ1) is 16.6. The van der Waals surface area contributed by atoms with Gasteiger partial charge < -0.3 is 10.2 Å². The van der Waals surface area contributed by atoms with Gasteiger partial charge in [-0.15, -0.1) is 0 Å². The molecule has 6 heteroatoms. The zero-order valence-electron chi connectivity index (χ0n) is 12.8. The Labute approximate surface area is 128 Å². The average Bonchev–Trinajstić information content (AvgIpc) is 2.48. The minimum absolute atomic E-state index is 0.148. The highest BCUT2D eigenvalue weighted by atomic mass is 19.4. The molecule has 1 aromatic rings. The van der Waals surface area contributed by atoms with Crippen molar-refractivity contribution in [3.63, 3.8) is 0 Å². The molecule has 1 saturated heterocycles. The van der Waals surface area contributed by atoms with E-state index in [1.165, 1.54) is 19.1 Å². The smallest absolute Gasteiger partial charge is 0.322 e. The van der Waals surface area contributed by atoms with Crippen LogP contribution in [0.1, 0.15) is 43.7 Å². The van der Waals surface area contributed by atoms with Crippen molar-refractivity contribution in [2.45, 2.75) is 51.7 Å². The monoisotopic (exact) mass is 314 g/mol. The summed E-state index contributed by atoms with van der Waals surface area (Å²) in [5, 5.41) is 2.60. The highest BCUT2D eigenvalue weighted by Crippen LogP contribution is 2.33. The fourth-order valence-electron chi connectivity index (χ4n) is 2.89. The van der Waals surface area contributed by atoms with Gasteiger partial charge >= 0.3 is 12.2 Å². The van der Waals surface area contributed by atoms with Crippen LogP contribution in [0.25, 0.3) is 0 Å². The number of likely N-dealkylation sites (tertiary alicyclic amines) is 1. The number of alkyl halides is 3. The Morgan fingerprint density at radius 3 is 2.73 bits per heavy atom. The van der Waals surface area contributed by atoms with E-state index in [-0.39, 0.29) is 23.3 Å². The van der Waals surface area contributed by atoms with Crippen molar-refractivity contribution >= 4 is 11.7 Å². The maximum Gasteiger partial charge on any atom is 0.416 e. The van der Waals surface area contributed by atoms with Gasteiger partial charge in [-0.05, 0) is 50.3 Å². The Kier molecular flexibility index (Phi) is 4.98. The summed E-state index contributed by atoms with van der Waals surface area (Å²) in [5.74, 6) is 0. The summed E-state index contributed by atoms with van der Waals surface area (Å²) in [6.45, 7) is 4.08. The van der Waals surface area contributed by atoms with Crippen molar-refractivity contribution < 1.29 is 18.0 Å². The van der Waals surface area contributed by atoms with E-state index < -0.39 is 11.7 Å². The number of nitrogens with one attached hydrogen (secondary N) is 1. The molecule has 1 aliphatic rings. The van der Waals surface area contributed by atoms with Gasteiger partial charge in [0.1, 0.15) is 0 Å². The predicted octanol–water partition coefficient (Wildman–Crippen LogP) is 4.81. The van der Waals surface area contributed by atoms with Gasteiger partial charge in [0.25, 0.3) is 0 Å². The summed E-state index contributed by atoms with van der Waals surface area (Å²) in [5.41, 5.74) is -0.380. The third-order valence-corrected chi connectivity index (χ3v) is 4.15. The van der Waals surface area contributed by atoms with E-state index >= 15 is 0 Å². The maximum atomic E-state index is 12.9. The van der Waals surface area contributed by atoms with Crippen molar-refractivity contribution in [1.29, 1.82) is 0 Å². The third kappa shape index (κ3) is 3.72. The molecule has 3 nitrogen and oxygen atoms in total. The lowest BCUT2D eigenvalue weighted by Gasteiger charge is -2.35. The fourth-order valence-corrected chi connectivity index (χ4v) is 2.89. The number of amides is 2. The highest BCUT2D eigenvalue weighted by molar-refractivity contribution is 5.89. The van der Waals surface area contributed by atoms with E-state index in [2.05, 4.69) is 5.32 Å². The summed E-state index contributed by atoms with van der Waals surface area (Å²) in [4.78, 5) is 14.0. The Hall–Kier alpha value is -1.72. The standard InChI is InChI=1S/C16H21F3N2O/c1-3-13-6-4-5-9-21(13)15(22)20-12-8-7-11(2)14(10-12)16(17,18)19/h7-8,10,13H,3-6,9H2,1-2H3,(H,20,22). The number of rotatable bonds is 2. The molecular weight excluding hydrogens is 293 g/mol. The molecule has 22 heavy (non-hydrogen) atoms. The number of benzene rings is 1. The van der Waals surface area contributed by atoms with Gasteiger partial charge in [0, 0.05) is 18.3 Å². The van der Waals surface area contributed by atoms with Gasteiger partial charge in [-0.25, -0.2) is 4.79 Å². The quantitative estimate of drug-likeness (QED) is 0.834. The molecule has 1 heterocycles. The first-order valence-corrected chi connectivity index (χ1v) is 7.58. The van der Waals surface area contributed by atoms with Gasteiger partial charge in [0.15, 0.2) is 0 Å². The van der Waals surface area contributed by atoms with Gasteiger partial charge in [0.05, 0.1) is 5.56 Å². The Morgan fingerprint density at radius 2 is 2.09 bits per heavy atom. The number of hydrogen-bond acceptors (Lipinski definition) is 1. The van der Waals surface area contributed by atoms with Crippen molar-refractivity contribution in [2.75, 3.05) is 11.9 Å². The van der Waals surface area contributed by atoms with E-state index in [1.807, 2.05) is 6.92 Å². The molecule has 1 N–H and O–H groups in total. The summed E-state index contributed by atoms with van der Waals surface area (Å²) in [6.07, 6.45) is -0.584. The summed E-state index contributed by atoms with van der Waals surface area (Å²) in [7, 11) is 0. The van der Waals surface area contributed by atoms with Crippen LogP contribution in [0.4, 0.5) is 23.7 Å². The van der Waals surface area contributed by atoms with E-state index in [4.69, 9.17) is 0 Å². The second-order valence-corrected chi connectivity index (χ2v) is 5.71. The number of urea groups is 1. The molecule has 1 atom stereocenters. The van der Waals surface area contributed by atoms with Crippen molar-refractivity contribution in [3.8, 4) is 0 Å². The molecule has 122 valence electrons. The molecule has 0 bridgehead atoms. The summed E-state index contributed by atoms with van der Waals surface area (Å²) in [6, 6.07) is 3.74. The van der Waals surface area contributed by atoms with Crippen LogP contribution < -0.4 is 5.32 Å². The van der Waals surface area contributed by atoms with Crippen LogP contribution in [-0.2, 0) is 6.18 Å². The topological polar surface area (TPSA) is 32.3 Å². The normalized spacial score (nSPS) is 19.1. The van der Waals surface area contributed by atoms with E-state index in [1.54, 1.807) is 4.90 Å². The number of nitrogens with zero attached hydrogens (tertiary/aromatic N) is 1. The molecule has 2 amide bonds. The van der Waals surface area contributed by atoms with Gasteiger partial charge in [0.2, 0.25) is 0 Å². The Morgan fingerprint density at radius 1 is 1.36 bits per heavy atom. The molecule has 0 saturated carbocycles. The molecule has 2 rings (SSSR count). The minimum atomic E-state index is -4.41. The predicted molar refractivity (Wildman–Crippen MR) is 79.8 cm³/mol. The average molecular weight is 314 g/mol. The first-order valence-electron chi connectivity index (χ1n) is 7.58. The lowest BCUT2D eigenvalue weighted by Crippen LogP contribution is -2.45. The minimum Gasteiger partial charge on any atom is -0.322 e. The number of aryl methyl sites for hydroxylation is 1. The number of piperidine rings is 1. The summed E-state index contributed by atoms with van der Waals surface area (Å²) >= 11 is 0. The van der Waals surface area contributed by atoms with Crippen molar-refractivity contribution in [3.05, 3.63) is 29.3 Å². The molecule has 0 aromatic heterocycles. The molecule has 1 unspecified atom stereocenters. The second-order valence-electron chi connectivity index (χ2n) is 5.71. The first-order chi connectivity index (χ1) is 10.3. The largest absolute Gasteiger partial charge is 0.416 e. The second kappa shape index (κ2) is 6.58. The van der Waals surface area contributed by atoms with Gasteiger partial charge in [-0.2, -0.15) is 13.2 Å². The zero-order valence-corrected chi connectivity index (χ0v) is 12.8. The van der Waals surface area contributed by atoms with Crippen LogP contribution in [0, 0.1) is 6.92 Å². The molecule has 0 aliphatic carbocycles. The maximum absolute atomic E-state index is 12.9. The van der Waals surface area contributed by atoms with Crippen molar-refractivity contribution in [1.82, 2.24) is 4.90 Å². The zero-order chi connectivity index (χ0) is 16.3. The third-order valence-electron chi connectivity index (χ3n) is 4.15. The van der Waals surface area contributed by atoms with E-state index in [0.29, 0.717) is 6.54 Å². The molecule has 0 radical (unpaired) electrons. The Bertz CT molecular complexity index is 543. The number of halogens is 3. The van der Waals surface area contributed by atoms with Crippen LogP contribution in [0.2, 0.25) is 0 Å². The highest BCUT2D eigenvalue weighted by Gasteiger charge is 2.33. The molecular formula is C16H21F3N2O. The number of hydrogen-bond donors (Lipinski definition) is 1. The van der Waals surface area contributed by atoms with Crippen molar-refractivity contribution in [2.24, 2.45) is 0 Å². The lowest BCUT2D eigenvalue weighted by atomic mass is 10.0. The molecule has 0 spiro atoms. The van der Waals surface area contributed by atoms with E-state index in [9.17, 15) is 18.0 Å². The fraction of sp³-hybridized carbons (Fsp3) is 0.562. The number of carbonyl (C=O) groups excluding carboxylic acids is 1. The van der Waals surface area contributed by atoms with Gasteiger partial charge in [-0.3, -0.25) is 0 Å². The van der Waals surface area contributed by atoms with Crippen LogP contribution in [-0.4, -0.2) is 23.5 Å². The van der Waals surface area contributed by atoms with Crippen LogP contribution >= 0.6 is 0 Å². The van der Waals surface area contributed by atoms with Crippen LogP contribution in [0.5, 0.6) is 0 Å².